The first-order valence-corrected chi connectivity index (χ1v) is 11.7. The lowest BCUT2D eigenvalue weighted by Crippen LogP contribution is -2.45. The Balaban J connectivity index is 0.00000289. The van der Waals surface area contributed by atoms with Crippen molar-refractivity contribution in [1.82, 2.24) is 19.8 Å². The molecule has 1 aliphatic heterocycles. The Labute approximate surface area is 199 Å². The molecule has 2 unspecified atom stereocenters. The van der Waals surface area contributed by atoms with Gasteiger partial charge in [-0.3, -0.25) is 0 Å². The van der Waals surface area contributed by atoms with Crippen molar-refractivity contribution in [3.63, 3.8) is 0 Å². The van der Waals surface area contributed by atoms with Crippen LogP contribution in [0.5, 0.6) is 0 Å². The van der Waals surface area contributed by atoms with Crippen LogP contribution in [0.1, 0.15) is 26.4 Å². The number of hydrogen-bond acceptors (Lipinski definition) is 3. The van der Waals surface area contributed by atoms with Gasteiger partial charge in [-0.05, 0) is 48.4 Å². The number of aromatic amines is 1. The van der Waals surface area contributed by atoms with Crippen molar-refractivity contribution in [2.24, 2.45) is 11.8 Å². The number of aromatic nitrogens is 2. The Morgan fingerprint density at radius 2 is 1.59 bits per heavy atom. The van der Waals surface area contributed by atoms with Gasteiger partial charge in [0, 0.05) is 44.8 Å². The summed E-state index contributed by atoms with van der Waals surface area (Å²) in [6, 6.07) is 11.7. The average molecular weight is 469 g/mol. The molecule has 7 heteroatoms. The molecule has 1 saturated heterocycles. The number of imidazole rings is 1. The molecule has 1 fully saturated rings. The molecule has 4 nitrogen and oxygen atoms in total. The van der Waals surface area contributed by atoms with Crippen molar-refractivity contribution in [2.45, 2.75) is 20.0 Å². The largest absolute Gasteiger partial charge is 0.416 e. The van der Waals surface area contributed by atoms with Crippen LogP contribution in [-0.4, -0.2) is 53.0 Å². The van der Waals surface area contributed by atoms with Crippen molar-refractivity contribution in [1.29, 1.82) is 0 Å². The third-order valence-electron chi connectivity index (χ3n) is 7.31. The van der Waals surface area contributed by atoms with E-state index in [0.29, 0.717) is 28.7 Å². The maximum atomic E-state index is 13.0. The Morgan fingerprint density at radius 1 is 0.912 bits per heavy atom. The van der Waals surface area contributed by atoms with Crippen molar-refractivity contribution in [3.8, 4) is 11.4 Å². The van der Waals surface area contributed by atoms with Crippen LogP contribution in [0, 0.1) is 11.8 Å². The number of halogens is 3. The fraction of sp³-hybridized carbons (Fsp3) is 0.370. The van der Waals surface area contributed by atoms with E-state index in [-0.39, 0.29) is 1.43 Å². The topological polar surface area (TPSA) is 35.2 Å². The maximum Gasteiger partial charge on any atom is 0.416 e. The van der Waals surface area contributed by atoms with Crippen molar-refractivity contribution in [2.75, 3.05) is 33.2 Å². The zero-order valence-corrected chi connectivity index (χ0v) is 19.7. The highest BCUT2D eigenvalue weighted by atomic mass is 19.4. The minimum atomic E-state index is -4.37. The predicted octanol–water partition coefficient (Wildman–Crippen LogP) is 6.30. The van der Waals surface area contributed by atoms with E-state index in [1.807, 2.05) is 12.1 Å². The molecular weight excluding hydrogens is 437 g/mol. The molecule has 2 aliphatic rings. The van der Waals surface area contributed by atoms with Crippen LogP contribution < -0.4 is 0 Å². The van der Waals surface area contributed by atoms with Crippen LogP contribution in [0.25, 0.3) is 28.0 Å². The summed E-state index contributed by atoms with van der Waals surface area (Å²) in [5, 5.41) is 0. The quantitative estimate of drug-likeness (QED) is 0.490. The minimum absolute atomic E-state index is 0. The first-order chi connectivity index (χ1) is 16.2. The minimum Gasteiger partial charge on any atom is -0.372 e. The summed E-state index contributed by atoms with van der Waals surface area (Å²) in [6.07, 6.45) is 0.144. The molecule has 2 heterocycles. The Morgan fingerprint density at radius 3 is 2.26 bits per heavy atom. The van der Waals surface area contributed by atoms with Gasteiger partial charge in [0.25, 0.3) is 0 Å². The normalized spacial score (nSPS) is 22.1. The number of fused-ring (bicyclic) bond motifs is 1. The van der Waals surface area contributed by atoms with Gasteiger partial charge in [-0.1, -0.05) is 44.2 Å². The second kappa shape index (κ2) is 8.62. The van der Waals surface area contributed by atoms with E-state index >= 15 is 0 Å². The van der Waals surface area contributed by atoms with Crippen LogP contribution in [0.3, 0.4) is 0 Å². The van der Waals surface area contributed by atoms with Crippen LogP contribution >= 0.6 is 0 Å². The molecule has 34 heavy (non-hydrogen) atoms. The lowest BCUT2D eigenvalue weighted by Gasteiger charge is -2.40. The summed E-state index contributed by atoms with van der Waals surface area (Å²) in [7, 11) is 2.17. The van der Waals surface area contributed by atoms with E-state index in [1.165, 1.54) is 17.3 Å². The smallest absolute Gasteiger partial charge is 0.372 e. The summed E-state index contributed by atoms with van der Waals surface area (Å²) in [6.45, 7) is 8.91. The van der Waals surface area contributed by atoms with Crippen LogP contribution in [0.2, 0.25) is 0 Å². The van der Waals surface area contributed by atoms with Crippen molar-refractivity contribution in [3.05, 3.63) is 71.4 Å². The number of likely N-dealkylation sites (N-methyl/N-ethyl adjacent to an activating group) is 1. The monoisotopic (exact) mass is 468 g/mol. The van der Waals surface area contributed by atoms with Crippen LogP contribution in [-0.2, 0) is 6.18 Å². The van der Waals surface area contributed by atoms with Gasteiger partial charge in [0.2, 0.25) is 0 Å². The first kappa shape index (κ1) is 22.7. The second-order valence-corrected chi connectivity index (χ2v) is 9.47. The number of hydrogen-bond donors (Lipinski definition) is 1. The summed E-state index contributed by atoms with van der Waals surface area (Å²) < 4.78 is 39.1. The summed E-state index contributed by atoms with van der Waals surface area (Å²) in [4.78, 5) is 12.4. The zero-order chi connectivity index (χ0) is 24.0. The van der Waals surface area contributed by atoms with E-state index in [0.717, 1.165) is 49.4 Å². The Hall–Kier alpha value is -3.06. The predicted molar refractivity (Wildman–Crippen MR) is 132 cm³/mol. The number of nitrogens with zero attached hydrogens (tertiary/aromatic N) is 3. The Bertz CT molecular complexity index is 1250. The highest BCUT2D eigenvalue weighted by Crippen LogP contribution is 2.38. The number of nitrogens with one attached hydrogen (secondary N) is 1. The molecule has 0 saturated carbocycles. The van der Waals surface area contributed by atoms with Gasteiger partial charge in [-0.25, -0.2) is 4.98 Å². The third kappa shape index (κ3) is 4.25. The van der Waals surface area contributed by atoms with Crippen molar-refractivity contribution < 1.29 is 14.6 Å². The molecule has 1 N–H and O–H groups in total. The molecule has 0 spiro atoms. The summed E-state index contributed by atoms with van der Waals surface area (Å²) >= 11 is 0. The number of benzene rings is 2. The number of H-pyrrole nitrogens is 1. The lowest BCUT2D eigenvalue weighted by atomic mass is 9.79. The molecule has 0 amide bonds. The summed E-state index contributed by atoms with van der Waals surface area (Å²) in [5.41, 5.74) is 4.95. The third-order valence-corrected chi connectivity index (χ3v) is 7.31. The van der Waals surface area contributed by atoms with Gasteiger partial charge < -0.3 is 14.8 Å². The fourth-order valence-corrected chi connectivity index (χ4v) is 4.96. The fourth-order valence-electron chi connectivity index (χ4n) is 4.96. The van der Waals surface area contributed by atoms with Crippen molar-refractivity contribution >= 4 is 16.6 Å². The van der Waals surface area contributed by atoms with Gasteiger partial charge in [0.1, 0.15) is 5.82 Å². The highest BCUT2D eigenvalue weighted by Gasteiger charge is 2.31. The maximum absolute atomic E-state index is 13.0. The molecule has 1 aromatic heterocycles. The molecule has 1 aliphatic carbocycles. The van der Waals surface area contributed by atoms with E-state index in [4.69, 9.17) is 0 Å². The standard InChI is InChI=1S/C27H29F3N4.H2/c1-17-18(2)25(34-14-12-33(3)13-15-34)11-9-22(17)19-4-6-20(7-5-19)26-31-23-10-8-21(27(28,29)30)16-24(23)32-26;/h4-11,16-18H,12-15H2,1-3H3,(H,31,32);1H. The van der Waals surface area contributed by atoms with E-state index in [1.54, 1.807) is 0 Å². The molecule has 0 radical (unpaired) electrons. The van der Waals surface area contributed by atoms with Gasteiger partial charge >= 0.3 is 6.18 Å². The molecule has 0 bridgehead atoms. The molecule has 2 aromatic carbocycles. The van der Waals surface area contributed by atoms with E-state index < -0.39 is 11.7 Å². The number of rotatable bonds is 3. The number of alkyl halides is 3. The first-order valence-electron chi connectivity index (χ1n) is 11.7. The molecule has 3 aromatic rings. The van der Waals surface area contributed by atoms with Crippen LogP contribution in [0.4, 0.5) is 13.2 Å². The van der Waals surface area contributed by atoms with Gasteiger partial charge in [-0.15, -0.1) is 0 Å². The van der Waals surface area contributed by atoms with Gasteiger partial charge in [0.15, 0.2) is 0 Å². The number of allylic oxidation sites excluding steroid dienone is 4. The molecule has 5 rings (SSSR count). The lowest BCUT2D eigenvalue weighted by molar-refractivity contribution is -0.137. The molecular formula is C27H31F3N4. The highest BCUT2D eigenvalue weighted by molar-refractivity contribution is 5.81. The number of piperazine rings is 1. The SMILES string of the molecule is CC1C(c2ccc(-c3nc4ccc(C(F)(F)F)cc4[nH]3)cc2)=CC=C(N2CCN(C)CC2)C1C.[HH]. The van der Waals surface area contributed by atoms with Gasteiger partial charge in [-0.2, -0.15) is 13.2 Å². The van der Waals surface area contributed by atoms with Gasteiger partial charge in [0.05, 0.1) is 16.6 Å². The van der Waals surface area contributed by atoms with E-state index in [2.05, 4.69) is 64.9 Å². The van der Waals surface area contributed by atoms with E-state index in [9.17, 15) is 13.2 Å². The molecule has 2 atom stereocenters. The van der Waals surface area contributed by atoms with Crippen LogP contribution in [0.15, 0.2) is 60.3 Å². The average Bonchev–Trinajstić information content (AvgIpc) is 3.25. The Kier molecular flexibility index (Phi) is 5.76. The zero-order valence-electron chi connectivity index (χ0n) is 19.7. The summed E-state index contributed by atoms with van der Waals surface area (Å²) in [5.74, 6) is 1.39. The molecule has 180 valence electrons. The second-order valence-electron chi connectivity index (χ2n) is 9.47.